The van der Waals surface area contributed by atoms with Gasteiger partial charge in [0.2, 0.25) is 5.91 Å². The predicted octanol–water partition coefficient (Wildman–Crippen LogP) is 2.22. The van der Waals surface area contributed by atoms with Crippen molar-refractivity contribution in [2.75, 3.05) is 19.6 Å². The summed E-state index contributed by atoms with van der Waals surface area (Å²) in [5.41, 5.74) is 7.35. The van der Waals surface area contributed by atoms with Gasteiger partial charge in [0.15, 0.2) is 0 Å². The minimum atomic E-state index is -0.575. The van der Waals surface area contributed by atoms with Crippen molar-refractivity contribution in [2.24, 2.45) is 11.7 Å². The van der Waals surface area contributed by atoms with Gasteiger partial charge in [0, 0.05) is 25.1 Å². The summed E-state index contributed by atoms with van der Waals surface area (Å²) in [6.45, 7) is 2.07. The van der Waals surface area contributed by atoms with Gasteiger partial charge in [-0.3, -0.25) is 9.59 Å². The zero-order valence-corrected chi connectivity index (χ0v) is 15.5. The van der Waals surface area contributed by atoms with Gasteiger partial charge in [-0.05, 0) is 43.0 Å². The summed E-state index contributed by atoms with van der Waals surface area (Å²) in [7, 11) is 0. The molecule has 2 aromatic rings. The van der Waals surface area contributed by atoms with E-state index in [4.69, 9.17) is 5.73 Å². The summed E-state index contributed by atoms with van der Waals surface area (Å²) < 4.78 is 0. The first-order valence-corrected chi connectivity index (χ1v) is 9.56. The van der Waals surface area contributed by atoms with Crippen molar-refractivity contribution in [3.05, 3.63) is 71.8 Å². The number of nitrogens with zero attached hydrogens (tertiary/aromatic N) is 1. The molecular weight excluding hydrogens is 338 g/mol. The van der Waals surface area contributed by atoms with Crippen molar-refractivity contribution in [3.63, 3.8) is 0 Å². The summed E-state index contributed by atoms with van der Waals surface area (Å²) in [6, 6.07) is 18.2. The quantitative estimate of drug-likeness (QED) is 0.824. The minimum absolute atomic E-state index is 0.0152. The molecule has 1 saturated heterocycles. The molecule has 3 rings (SSSR count). The van der Waals surface area contributed by atoms with Gasteiger partial charge in [-0.1, -0.05) is 48.5 Å². The van der Waals surface area contributed by atoms with Crippen LogP contribution >= 0.6 is 0 Å². The highest BCUT2D eigenvalue weighted by Gasteiger charge is 2.29. The Hall–Kier alpha value is -2.66. The molecule has 0 radical (unpaired) electrons. The van der Waals surface area contributed by atoms with Crippen molar-refractivity contribution in [2.45, 2.75) is 25.3 Å². The number of hydrogen-bond acceptors (Lipinski definition) is 3. The lowest BCUT2D eigenvalue weighted by atomic mass is 9.96. The minimum Gasteiger partial charge on any atom is -0.341 e. The van der Waals surface area contributed by atoms with Crippen molar-refractivity contribution < 1.29 is 9.59 Å². The second kappa shape index (κ2) is 9.33. The fourth-order valence-corrected chi connectivity index (χ4v) is 3.49. The number of benzene rings is 2. The van der Waals surface area contributed by atoms with Gasteiger partial charge >= 0.3 is 0 Å². The Morgan fingerprint density at radius 1 is 1.00 bits per heavy atom. The van der Waals surface area contributed by atoms with E-state index in [2.05, 4.69) is 5.32 Å². The Labute approximate surface area is 160 Å². The molecule has 27 heavy (non-hydrogen) atoms. The highest BCUT2D eigenvalue weighted by molar-refractivity contribution is 5.97. The Morgan fingerprint density at radius 3 is 2.19 bits per heavy atom. The fraction of sp³-hybridized carbons (Fsp3) is 0.364. The standard InChI is InChI=1S/C22H27N3O2/c23-16-18-11-13-25(14-12-18)22(27)20(15-17-7-3-1-4-8-17)24-21(26)19-9-5-2-6-10-19/h1-10,18,20H,11-16,23H2,(H,24,26). The lowest BCUT2D eigenvalue weighted by Gasteiger charge is -2.34. The summed E-state index contributed by atoms with van der Waals surface area (Å²) in [4.78, 5) is 27.6. The Bertz CT molecular complexity index is 741. The molecule has 0 saturated carbocycles. The van der Waals surface area contributed by atoms with Crippen LogP contribution in [0.15, 0.2) is 60.7 Å². The fourth-order valence-electron chi connectivity index (χ4n) is 3.49. The van der Waals surface area contributed by atoms with Crippen LogP contribution in [0.4, 0.5) is 0 Å². The zero-order chi connectivity index (χ0) is 19.1. The van der Waals surface area contributed by atoms with E-state index < -0.39 is 6.04 Å². The second-order valence-electron chi connectivity index (χ2n) is 7.09. The number of nitrogens with two attached hydrogens (primary N) is 1. The summed E-state index contributed by atoms with van der Waals surface area (Å²) in [5, 5.41) is 2.95. The Balaban J connectivity index is 1.73. The monoisotopic (exact) mass is 365 g/mol. The third-order valence-corrected chi connectivity index (χ3v) is 5.18. The van der Waals surface area contributed by atoms with Crippen LogP contribution in [0.1, 0.15) is 28.8 Å². The maximum atomic E-state index is 13.1. The van der Waals surface area contributed by atoms with Crippen molar-refractivity contribution >= 4 is 11.8 Å². The molecular formula is C22H27N3O2. The molecule has 2 amide bonds. The normalized spacial score (nSPS) is 16.0. The van der Waals surface area contributed by atoms with Gasteiger partial charge < -0.3 is 16.0 Å². The van der Waals surface area contributed by atoms with Crippen molar-refractivity contribution in [1.82, 2.24) is 10.2 Å². The first kappa shape index (κ1) is 19.1. The maximum Gasteiger partial charge on any atom is 0.251 e. The van der Waals surface area contributed by atoms with Crippen LogP contribution in [-0.4, -0.2) is 42.4 Å². The van der Waals surface area contributed by atoms with Gasteiger partial charge in [0.05, 0.1) is 0 Å². The number of rotatable bonds is 6. The zero-order valence-electron chi connectivity index (χ0n) is 15.5. The smallest absolute Gasteiger partial charge is 0.251 e. The van der Waals surface area contributed by atoms with Crippen LogP contribution in [0.2, 0.25) is 0 Å². The van der Waals surface area contributed by atoms with Crippen LogP contribution in [0.3, 0.4) is 0 Å². The maximum absolute atomic E-state index is 13.1. The molecule has 0 spiro atoms. The molecule has 1 unspecified atom stereocenters. The Kier molecular flexibility index (Phi) is 6.60. The van der Waals surface area contributed by atoms with Gasteiger partial charge in [-0.15, -0.1) is 0 Å². The summed E-state index contributed by atoms with van der Waals surface area (Å²) >= 11 is 0. The number of carbonyl (C=O) groups excluding carboxylic acids is 2. The first-order chi connectivity index (χ1) is 13.2. The number of nitrogens with one attached hydrogen (secondary N) is 1. The topological polar surface area (TPSA) is 75.4 Å². The predicted molar refractivity (Wildman–Crippen MR) is 106 cm³/mol. The van der Waals surface area contributed by atoms with E-state index in [9.17, 15) is 9.59 Å². The van der Waals surface area contributed by atoms with Crippen LogP contribution in [0.25, 0.3) is 0 Å². The number of carbonyl (C=O) groups is 2. The van der Waals surface area contributed by atoms with Crippen molar-refractivity contribution in [1.29, 1.82) is 0 Å². The number of piperidine rings is 1. The molecule has 142 valence electrons. The van der Waals surface area contributed by atoms with Crippen molar-refractivity contribution in [3.8, 4) is 0 Å². The van der Waals surface area contributed by atoms with Gasteiger partial charge in [0.1, 0.15) is 6.04 Å². The van der Waals surface area contributed by atoms with E-state index in [1.54, 1.807) is 12.1 Å². The number of amides is 2. The van der Waals surface area contributed by atoms with E-state index in [1.807, 2.05) is 53.4 Å². The lowest BCUT2D eigenvalue weighted by Crippen LogP contribution is -2.52. The number of likely N-dealkylation sites (tertiary alicyclic amines) is 1. The first-order valence-electron chi connectivity index (χ1n) is 9.56. The van der Waals surface area contributed by atoms with Crippen LogP contribution < -0.4 is 11.1 Å². The van der Waals surface area contributed by atoms with Gasteiger partial charge in [-0.2, -0.15) is 0 Å². The molecule has 1 heterocycles. The molecule has 2 aromatic carbocycles. The van der Waals surface area contributed by atoms with E-state index >= 15 is 0 Å². The molecule has 3 N–H and O–H groups in total. The molecule has 1 atom stereocenters. The average molecular weight is 365 g/mol. The molecule has 0 aromatic heterocycles. The summed E-state index contributed by atoms with van der Waals surface area (Å²) in [5.74, 6) is 0.251. The summed E-state index contributed by atoms with van der Waals surface area (Å²) in [6.07, 6.45) is 2.33. The number of hydrogen-bond donors (Lipinski definition) is 2. The van der Waals surface area contributed by atoms with Crippen LogP contribution in [0.5, 0.6) is 0 Å². The molecule has 0 aliphatic carbocycles. The molecule has 1 aliphatic heterocycles. The molecule has 1 fully saturated rings. The molecule has 5 heteroatoms. The third-order valence-electron chi connectivity index (χ3n) is 5.18. The highest BCUT2D eigenvalue weighted by Crippen LogP contribution is 2.17. The highest BCUT2D eigenvalue weighted by atomic mass is 16.2. The average Bonchev–Trinajstić information content (AvgIpc) is 2.74. The largest absolute Gasteiger partial charge is 0.341 e. The molecule has 5 nitrogen and oxygen atoms in total. The van der Waals surface area contributed by atoms with Gasteiger partial charge in [0.25, 0.3) is 5.91 Å². The third kappa shape index (κ3) is 5.17. The van der Waals surface area contributed by atoms with E-state index in [-0.39, 0.29) is 11.8 Å². The van der Waals surface area contributed by atoms with Gasteiger partial charge in [-0.25, -0.2) is 0 Å². The molecule has 0 bridgehead atoms. The van der Waals surface area contributed by atoms with E-state index in [0.29, 0.717) is 37.5 Å². The van der Waals surface area contributed by atoms with Crippen LogP contribution in [-0.2, 0) is 11.2 Å². The van der Waals surface area contributed by atoms with E-state index in [0.717, 1.165) is 18.4 Å². The second-order valence-corrected chi connectivity index (χ2v) is 7.09. The molecule has 1 aliphatic rings. The lowest BCUT2D eigenvalue weighted by molar-refractivity contribution is -0.134. The van der Waals surface area contributed by atoms with E-state index in [1.165, 1.54) is 0 Å². The van der Waals surface area contributed by atoms with Crippen LogP contribution in [0, 0.1) is 5.92 Å². The Morgan fingerprint density at radius 2 is 1.59 bits per heavy atom. The SMILES string of the molecule is NCC1CCN(C(=O)C(Cc2ccccc2)NC(=O)c2ccccc2)CC1.